The monoisotopic (exact) mass is 454 g/mol. The maximum Gasteiger partial charge on any atom is 0.225 e. The van der Waals surface area contributed by atoms with Crippen molar-refractivity contribution in [3.05, 3.63) is 63.9 Å². The Labute approximate surface area is 183 Å². The van der Waals surface area contributed by atoms with Crippen molar-refractivity contribution in [1.82, 2.24) is 0 Å². The largest absolute Gasteiger partial charge is 0.491 e. The minimum atomic E-state index is -1.79. The summed E-state index contributed by atoms with van der Waals surface area (Å²) in [5.74, 6) is -2.11. The number of hydrogen-bond donors (Lipinski definition) is 4. The lowest BCUT2D eigenvalue weighted by molar-refractivity contribution is -0.329. The summed E-state index contributed by atoms with van der Waals surface area (Å²) >= 11 is 6.36. The molecule has 4 N–H and O–H groups in total. The highest BCUT2D eigenvalue weighted by atomic mass is 35.5. The number of ether oxygens (including phenoxy) is 3. The Morgan fingerprint density at radius 1 is 1.16 bits per heavy atom. The Bertz CT molecular complexity index is 973. The molecule has 2 heterocycles. The van der Waals surface area contributed by atoms with Crippen LogP contribution in [-0.2, 0) is 21.7 Å². The molecule has 0 radical (unpaired) electrons. The molecule has 9 heteroatoms. The zero-order chi connectivity index (χ0) is 22.4. The first-order chi connectivity index (χ1) is 14.8. The van der Waals surface area contributed by atoms with Crippen molar-refractivity contribution in [3.63, 3.8) is 0 Å². The van der Waals surface area contributed by atoms with Gasteiger partial charge in [-0.25, -0.2) is 4.39 Å². The van der Waals surface area contributed by atoms with Gasteiger partial charge in [-0.2, -0.15) is 0 Å². The van der Waals surface area contributed by atoms with Crippen LogP contribution in [0.25, 0.3) is 0 Å². The zero-order valence-electron chi connectivity index (χ0n) is 16.8. The van der Waals surface area contributed by atoms with E-state index in [1.807, 2.05) is 0 Å². The second-order valence-electron chi connectivity index (χ2n) is 7.84. The molecule has 2 saturated heterocycles. The van der Waals surface area contributed by atoms with Crippen LogP contribution in [0.3, 0.4) is 0 Å². The molecule has 2 fully saturated rings. The van der Waals surface area contributed by atoms with Crippen LogP contribution in [0.2, 0.25) is 5.02 Å². The van der Waals surface area contributed by atoms with Gasteiger partial charge in [0.15, 0.2) is 11.6 Å². The van der Waals surface area contributed by atoms with Gasteiger partial charge in [0.25, 0.3) is 0 Å². The second-order valence-corrected chi connectivity index (χ2v) is 8.25. The summed E-state index contributed by atoms with van der Waals surface area (Å²) in [7, 11) is 0. The number of aliphatic hydroxyl groups is 4. The van der Waals surface area contributed by atoms with Gasteiger partial charge in [-0.1, -0.05) is 23.7 Å². The van der Waals surface area contributed by atoms with Gasteiger partial charge in [0.05, 0.1) is 19.8 Å². The molecule has 0 unspecified atom stereocenters. The summed E-state index contributed by atoms with van der Waals surface area (Å²) in [6.07, 6.45) is -4.45. The van der Waals surface area contributed by atoms with Gasteiger partial charge in [0, 0.05) is 10.6 Å². The molecule has 2 aliphatic rings. The Morgan fingerprint density at radius 3 is 2.61 bits per heavy atom. The fourth-order valence-electron chi connectivity index (χ4n) is 4.15. The van der Waals surface area contributed by atoms with Crippen LogP contribution in [0.15, 0.2) is 36.4 Å². The van der Waals surface area contributed by atoms with Gasteiger partial charge >= 0.3 is 0 Å². The third-order valence-electron chi connectivity index (χ3n) is 5.87. The second kappa shape index (κ2) is 8.29. The molecule has 31 heavy (non-hydrogen) atoms. The number of halogens is 2. The Balaban J connectivity index is 1.68. The van der Waals surface area contributed by atoms with E-state index in [9.17, 15) is 24.8 Å². The molecule has 4 rings (SSSR count). The minimum absolute atomic E-state index is 0.163. The van der Waals surface area contributed by atoms with E-state index >= 15 is 0 Å². The lowest BCUT2D eigenvalue weighted by Gasteiger charge is -2.46. The fraction of sp³-hybridized carbons (Fsp3) is 0.455. The molecule has 0 spiro atoms. The molecule has 0 aliphatic carbocycles. The summed E-state index contributed by atoms with van der Waals surface area (Å²) in [5, 5.41) is 41.5. The van der Waals surface area contributed by atoms with Crippen molar-refractivity contribution in [3.8, 4) is 5.75 Å². The predicted molar refractivity (Wildman–Crippen MR) is 108 cm³/mol. The Morgan fingerprint density at radius 2 is 1.94 bits per heavy atom. The number of benzene rings is 2. The molecular weight excluding hydrogens is 431 g/mol. The van der Waals surface area contributed by atoms with Crippen molar-refractivity contribution >= 4 is 11.6 Å². The topological polar surface area (TPSA) is 109 Å². The summed E-state index contributed by atoms with van der Waals surface area (Å²) in [6, 6.07) is 9.43. The number of rotatable bonds is 6. The van der Waals surface area contributed by atoms with E-state index in [1.54, 1.807) is 37.3 Å². The van der Waals surface area contributed by atoms with Gasteiger partial charge in [0.2, 0.25) is 5.79 Å². The average molecular weight is 455 g/mol. The van der Waals surface area contributed by atoms with Crippen molar-refractivity contribution in [2.45, 2.75) is 43.0 Å². The molecule has 7 nitrogen and oxygen atoms in total. The molecule has 2 bridgehead atoms. The normalized spacial score (nSPS) is 32.3. The molecule has 168 valence electrons. The van der Waals surface area contributed by atoms with Crippen LogP contribution < -0.4 is 4.74 Å². The van der Waals surface area contributed by atoms with E-state index in [2.05, 4.69) is 0 Å². The highest BCUT2D eigenvalue weighted by Crippen LogP contribution is 2.49. The molecular formula is C22H24ClFO7. The van der Waals surface area contributed by atoms with Crippen LogP contribution >= 0.6 is 11.6 Å². The summed E-state index contributed by atoms with van der Waals surface area (Å²) in [6.45, 7) is 1.29. The first-order valence-corrected chi connectivity index (χ1v) is 10.3. The quantitative estimate of drug-likeness (QED) is 0.523. The van der Waals surface area contributed by atoms with Crippen molar-refractivity contribution in [2.24, 2.45) is 0 Å². The highest BCUT2D eigenvalue weighted by Gasteiger charge is 2.67. The SMILES string of the molecule is CCOc1ccc(Cc2cc([C@]34OC[C@@](CO)(O3)[C@@H](O)[C@H](O)[C@H]4O)ccc2Cl)cc1F. The predicted octanol–water partition coefficient (Wildman–Crippen LogP) is 1.50. The van der Waals surface area contributed by atoms with Crippen LogP contribution in [-0.4, -0.2) is 64.2 Å². The van der Waals surface area contributed by atoms with Crippen LogP contribution in [0.1, 0.15) is 23.6 Å². The Kier molecular flexibility index (Phi) is 5.99. The smallest absolute Gasteiger partial charge is 0.225 e. The van der Waals surface area contributed by atoms with E-state index in [0.29, 0.717) is 28.3 Å². The Hall–Kier alpha value is -1.78. The highest BCUT2D eigenvalue weighted by molar-refractivity contribution is 6.31. The lowest BCUT2D eigenvalue weighted by atomic mass is 9.83. The maximum atomic E-state index is 14.2. The maximum absolute atomic E-state index is 14.2. The van der Waals surface area contributed by atoms with Gasteiger partial charge in [-0.3, -0.25) is 0 Å². The first-order valence-electron chi connectivity index (χ1n) is 9.95. The van der Waals surface area contributed by atoms with Crippen LogP contribution in [0.4, 0.5) is 4.39 Å². The summed E-state index contributed by atoms with van der Waals surface area (Å²) in [5.41, 5.74) is 0.0530. The molecule has 2 aliphatic heterocycles. The average Bonchev–Trinajstić information content (AvgIpc) is 3.15. The van der Waals surface area contributed by atoms with E-state index < -0.39 is 42.1 Å². The standard InChI is InChI=1S/C22H24ClFO7/c1-2-29-17-6-3-12(8-16(17)24)7-13-9-14(4-5-15(13)23)22-20(28)18(26)19(27)21(10-25,31-22)11-30-22/h3-6,8-9,18-20,25-28H,2,7,10-11H2,1H3/t18-,19-,20+,21+,22-/m0/s1. The first kappa shape index (κ1) is 22.4. The molecule has 2 aromatic rings. The van der Waals surface area contributed by atoms with E-state index in [-0.39, 0.29) is 18.8 Å². The lowest BCUT2D eigenvalue weighted by Crippen LogP contribution is -2.65. The third-order valence-corrected chi connectivity index (χ3v) is 6.24. The number of fused-ring (bicyclic) bond motifs is 2. The van der Waals surface area contributed by atoms with Gasteiger partial charge in [0.1, 0.15) is 23.9 Å². The molecule has 2 aromatic carbocycles. The number of hydrogen-bond acceptors (Lipinski definition) is 7. The molecule has 0 aromatic heterocycles. The van der Waals surface area contributed by atoms with E-state index in [4.69, 9.17) is 25.8 Å². The zero-order valence-corrected chi connectivity index (χ0v) is 17.6. The fourth-order valence-corrected chi connectivity index (χ4v) is 4.33. The third kappa shape index (κ3) is 3.62. The summed E-state index contributed by atoms with van der Waals surface area (Å²) < 4.78 is 31.0. The minimum Gasteiger partial charge on any atom is -0.491 e. The van der Waals surface area contributed by atoms with E-state index in [0.717, 1.165) is 0 Å². The molecule has 0 saturated carbocycles. The van der Waals surface area contributed by atoms with Gasteiger partial charge in [-0.15, -0.1) is 0 Å². The van der Waals surface area contributed by atoms with Crippen molar-refractivity contribution in [2.75, 3.05) is 19.8 Å². The van der Waals surface area contributed by atoms with Gasteiger partial charge < -0.3 is 34.6 Å². The van der Waals surface area contributed by atoms with Crippen molar-refractivity contribution in [1.29, 1.82) is 0 Å². The van der Waals surface area contributed by atoms with Crippen LogP contribution in [0, 0.1) is 5.82 Å². The molecule has 5 atom stereocenters. The van der Waals surface area contributed by atoms with Crippen LogP contribution in [0.5, 0.6) is 5.75 Å². The van der Waals surface area contributed by atoms with E-state index in [1.165, 1.54) is 6.07 Å². The number of aliphatic hydroxyl groups excluding tert-OH is 4. The molecule has 0 amide bonds. The van der Waals surface area contributed by atoms with Gasteiger partial charge in [-0.05, 0) is 48.7 Å². The summed E-state index contributed by atoms with van der Waals surface area (Å²) in [4.78, 5) is 0. The van der Waals surface area contributed by atoms with Crippen molar-refractivity contribution < 1.29 is 39.0 Å².